The van der Waals surface area contributed by atoms with Gasteiger partial charge in [-0.1, -0.05) is 30.3 Å². The second-order valence-electron chi connectivity index (χ2n) is 7.38. The van der Waals surface area contributed by atoms with E-state index in [0.29, 0.717) is 17.0 Å². The van der Waals surface area contributed by atoms with Crippen LogP contribution in [0.2, 0.25) is 0 Å². The Balaban J connectivity index is 1.39. The number of benzene rings is 1. The molecule has 3 unspecified atom stereocenters. The van der Waals surface area contributed by atoms with E-state index in [4.69, 9.17) is 15.5 Å². The Morgan fingerprint density at radius 3 is 2.93 bits per heavy atom. The Labute approximate surface area is 170 Å². The number of aromatic nitrogens is 3. The molecule has 3 aromatic rings. The second kappa shape index (κ2) is 6.77. The van der Waals surface area contributed by atoms with Gasteiger partial charge in [-0.05, 0) is 40.8 Å². The molecule has 0 radical (unpaired) electrons. The monoisotopic (exact) mass is 441 g/mol. The molecule has 2 bridgehead atoms. The highest BCUT2D eigenvalue weighted by Crippen LogP contribution is 2.47. The first kappa shape index (κ1) is 17.5. The second-order valence-corrected chi connectivity index (χ2v) is 8.13. The molecule has 5 rings (SSSR count). The van der Waals surface area contributed by atoms with Gasteiger partial charge < -0.3 is 15.4 Å². The van der Waals surface area contributed by atoms with Crippen LogP contribution in [0.5, 0.6) is 0 Å². The Bertz CT molecular complexity index is 1040. The minimum Gasteiger partial charge on any atom is -0.445 e. The first-order valence-corrected chi connectivity index (χ1v) is 10.2. The van der Waals surface area contributed by atoms with Gasteiger partial charge in [0.05, 0.1) is 0 Å². The van der Waals surface area contributed by atoms with Crippen LogP contribution >= 0.6 is 15.9 Å². The molecule has 0 aliphatic carbocycles. The fraction of sp³-hybridized carbons (Fsp3) is 0.350. The maximum atomic E-state index is 12.8. The Hall–Kier alpha value is -2.61. The summed E-state index contributed by atoms with van der Waals surface area (Å²) in [5.74, 6) is 1.52. The van der Waals surface area contributed by atoms with E-state index in [1.54, 1.807) is 6.20 Å². The molecule has 2 fully saturated rings. The summed E-state index contributed by atoms with van der Waals surface area (Å²) in [6, 6.07) is 10.1. The summed E-state index contributed by atoms with van der Waals surface area (Å²) in [6.45, 7) is 0.292. The number of nitrogens with two attached hydrogens (primary N) is 1. The molecule has 1 aromatic carbocycles. The van der Waals surface area contributed by atoms with Crippen molar-refractivity contribution in [3.05, 3.63) is 58.7 Å². The van der Waals surface area contributed by atoms with Crippen LogP contribution in [-0.2, 0) is 11.3 Å². The number of nitrogens with zero attached hydrogens (tertiary/aromatic N) is 4. The summed E-state index contributed by atoms with van der Waals surface area (Å²) in [5.41, 5.74) is 7.80. The van der Waals surface area contributed by atoms with Gasteiger partial charge in [-0.3, -0.25) is 4.40 Å². The number of hydrogen-bond acceptors (Lipinski definition) is 5. The van der Waals surface area contributed by atoms with Crippen molar-refractivity contribution in [1.29, 1.82) is 0 Å². The molecule has 2 N–H and O–H groups in total. The van der Waals surface area contributed by atoms with Crippen molar-refractivity contribution in [3.8, 4) is 0 Å². The van der Waals surface area contributed by atoms with E-state index in [1.165, 1.54) is 0 Å². The van der Waals surface area contributed by atoms with Crippen LogP contribution in [0.4, 0.5) is 10.6 Å². The molecule has 2 aliphatic heterocycles. The molecule has 7 nitrogen and oxygen atoms in total. The zero-order chi connectivity index (χ0) is 19.3. The van der Waals surface area contributed by atoms with Crippen LogP contribution < -0.4 is 5.73 Å². The highest BCUT2D eigenvalue weighted by atomic mass is 79.9. The van der Waals surface area contributed by atoms with Gasteiger partial charge in [-0.2, -0.15) is 0 Å². The molecule has 144 valence electrons. The third kappa shape index (κ3) is 2.74. The van der Waals surface area contributed by atoms with Crippen molar-refractivity contribution in [2.75, 3.05) is 5.73 Å². The van der Waals surface area contributed by atoms with E-state index in [1.807, 2.05) is 45.8 Å². The molecular weight excluding hydrogens is 422 g/mol. The highest BCUT2D eigenvalue weighted by molar-refractivity contribution is 9.10. The lowest BCUT2D eigenvalue weighted by atomic mass is 9.88. The van der Waals surface area contributed by atoms with Gasteiger partial charge in [0.15, 0.2) is 5.82 Å². The normalized spacial score (nSPS) is 23.5. The Kier molecular flexibility index (Phi) is 4.23. The number of carbonyl (C=O) groups is 1. The molecule has 0 spiro atoms. The number of ether oxygens (including phenoxy) is 1. The molecule has 0 saturated carbocycles. The number of anilines is 1. The number of hydrogen-bond donors (Lipinski definition) is 1. The van der Waals surface area contributed by atoms with E-state index in [9.17, 15) is 4.79 Å². The minimum absolute atomic E-state index is 0.0974. The fourth-order valence-corrected chi connectivity index (χ4v) is 5.22. The van der Waals surface area contributed by atoms with Gasteiger partial charge in [0, 0.05) is 30.4 Å². The lowest BCUT2D eigenvalue weighted by Gasteiger charge is -2.23. The van der Waals surface area contributed by atoms with Crippen molar-refractivity contribution in [1.82, 2.24) is 19.3 Å². The van der Waals surface area contributed by atoms with E-state index >= 15 is 0 Å². The SMILES string of the molecule is Nc1nccn2c(C3CC4CCC3N4C(=O)OCc3ccccc3)nc(Br)c12. The number of halogens is 1. The third-order valence-electron chi connectivity index (χ3n) is 5.85. The largest absolute Gasteiger partial charge is 0.445 e. The van der Waals surface area contributed by atoms with E-state index in [-0.39, 0.29) is 24.1 Å². The van der Waals surface area contributed by atoms with Crippen LogP contribution in [0.25, 0.3) is 5.52 Å². The quantitative estimate of drug-likeness (QED) is 0.668. The van der Waals surface area contributed by atoms with Gasteiger partial charge >= 0.3 is 6.09 Å². The van der Waals surface area contributed by atoms with Gasteiger partial charge in [0.2, 0.25) is 0 Å². The molecule has 2 saturated heterocycles. The molecule has 4 heterocycles. The van der Waals surface area contributed by atoms with Gasteiger partial charge in [-0.25, -0.2) is 14.8 Å². The smallest absolute Gasteiger partial charge is 0.410 e. The van der Waals surface area contributed by atoms with Gasteiger partial charge in [-0.15, -0.1) is 0 Å². The summed E-state index contributed by atoms with van der Waals surface area (Å²) in [4.78, 5) is 23.6. The van der Waals surface area contributed by atoms with Gasteiger partial charge in [0.1, 0.15) is 22.6 Å². The molecule has 8 heteroatoms. The summed E-state index contributed by atoms with van der Waals surface area (Å²) in [5, 5.41) is 0. The topological polar surface area (TPSA) is 85.8 Å². The molecule has 2 aromatic heterocycles. The Morgan fingerprint density at radius 2 is 2.11 bits per heavy atom. The van der Waals surface area contributed by atoms with Gasteiger partial charge in [0.25, 0.3) is 0 Å². The number of nitrogen functional groups attached to an aromatic ring is 1. The van der Waals surface area contributed by atoms with Crippen molar-refractivity contribution < 1.29 is 9.53 Å². The number of carbonyl (C=O) groups excluding carboxylic acids is 1. The number of rotatable bonds is 3. The van der Waals surface area contributed by atoms with Crippen LogP contribution in [0, 0.1) is 0 Å². The molecule has 3 atom stereocenters. The molecular formula is C20H20BrN5O2. The summed E-state index contributed by atoms with van der Waals surface area (Å²) in [7, 11) is 0. The zero-order valence-electron chi connectivity index (χ0n) is 15.2. The van der Waals surface area contributed by atoms with Crippen molar-refractivity contribution in [2.24, 2.45) is 0 Å². The van der Waals surface area contributed by atoms with Crippen LogP contribution in [0.1, 0.15) is 36.6 Å². The average molecular weight is 442 g/mol. The molecule has 1 amide bonds. The minimum atomic E-state index is -0.236. The van der Waals surface area contributed by atoms with Crippen molar-refractivity contribution in [3.63, 3.8) is 0 Å². The molecule has 2 aliphatic rings. The lowest BCUT2D eigenvalue weighted by molar-refractivity contribution is 0.0900. The number of amides is 1. The number of imidazole rings is 1. The van der Waals surface area contributed by atoms with Crippen LogP contribution in [0.15, 0.2) is 47.3 Å². The summed E-state index contributed by atoms with van der Waals surface area (Å²) in [6.07, 6.45) is 6.18. The van der Waals surface area contributed by atoms with E-state index < -0.39 is 0 Å². The summed E-state index contributed by atoms with van der Waals surface area (Å²) < 4.78 is 8.29. The van der Waals surface area contributed by atoms with Crippen LogP contribution in [0.3, 0.4) is 0 Å². The van der Waals surface area contributed by atoms with Crippen LogP contribution in [-0.4, -0.2) is 37.4 Å². The standard InChI is InChI=1S/C20H20BrN5O2/c21-17-16-18(22)23-8-9-25(16)19(24-17)14-10-13-6-7-15(14)26(13)20(27)28-11-12-4-2-1-3-5-12/h1-5,8-9,13-15H,6-7,10-11H2,(H2,22,23). The molecule has 28 heavy (non-hydrogen) atoms. The van der Waals surface area contributed by atoms with Crippen molar-refractivity contribution in [2.45, 2.75) is 43.9 Å². The number of fused-ring (bicyclic) bond motifs is 3. The predicted octanol–water partition coefficient (Wildman–Crippen LogP) is 3.73. The predicted molar refractivity (Wildman–Crippen MR) is 108 cm³/mol. The fourth-order valence-electron chi connectivity index (χ4n) is 4.65. The van der Waals surface area contributed by atoms with Crippen molar-refractivity contribution >= 4 is 33.4 Å². The highest BCUT2D eigenvalue weighted by Gasteiger charge is 2.51. The third-order valence-corrected chi connectivity index (χ3v) is 6.41. The summed E-state index contributed by atoms with van der Waals surface area (Å²) >= 11 is 3.51. The maximum absolute atomic E-state index is 12.8. The zero-order valence-corrected chi connectivity index (χ0v) is 16.7. The Morgan fingerprint density at radius 1 is 1.29 bits per heavy atom. The first-order chi connectivity index (χ1) is 13.6. The average Bonchev–Trinajstić information content (AvgIpc) is 3.38. The maximum Gasteiger partial charge on any atom is 0.410 e. The lowest BCUT2D eigenvalue weighted by Crippen LogP contribution is -2.36. The van der Waals surface area contributed by atoms with E-state index in [0.717, 1.165) is 36.2 Å². The first-order valence-electron chi connectivity index (χ1n) is 9.40. The van der Waals surface area contributed by atoms with E-state index in [2.05, 4.69) is 20.9 Å².